The summed E-state index contributed by atoms with van der Waals surface area (Å²) in [5, 5.41) is 1.87. The number of pyridine rings is 2. The van der Waals surface area contributed by atoms with Crippen molar-refractivity contribution in [1.82, 2.24) is 19.3 Å². The van der Waals surface area contributed by atoms with E-state index in [4.69, 9.17) is 4.98 Å². The summed E-state index contributed by atoms with van der Waals surface area (Å²) in [6, 6.07) is 22.1. The molecule has 0 aliphatic heterocycles. The van der Waals surface area contributed by atoms with E-state index in [0.717, 1.165) is 38.6 Å². The predicted molar refractivity (Wildman–Crippen MR) is 116 cm³/mol. The zero-order valence-electron chi connectivity index (χ0n) is 16.1. The van der Waals surface area contributed by atoms with Gasteiger partial charge in [-0.25, -0.2) is 4.68 Å². The van der Waals surface area contributed by atoms with E-state index in [2.05, 4.69) is 17.1 Å². The summed E-state index contributed by atoms with van der Waals surface area (Å²) < 4.78 is 3.75. The molecule has 3 aromatic heterocycles. The zero-order chi connectivity index (χ0) is 19.8. The Balaban J connectivity index is 1.54. The van der Waals surface area contributed by atoms with Crippen molar-refractivity contribution in [3.8, 4) is 11.1 Å². The lowest BCUT2D eigenvalue weighted by Crippen LogP contribution is -2.22. The molecule has 0 fully saturated rings. The SMILES string of the molecule is Cn1c2cccc(-c3ccncc3)c2c(=O)n1CCc1ccc2ccccc2n1. The standard InChI is InChI=1S/C24H20N4O/c1-27-22-8-4-6-20(17-11-14-25-15-12-17)23(22)24(29)28(27)16-13-19-10-9-18-5-2-3-7-21(18)26-19/h2-12,14-15H,13,16H2,1H3. The minimum Gasteiger partial charge on any atom is -0.285 e. The maximum Gasteiger partial charge on any atom is 0.275 e. The minimum atomic E-state index is 0.0238. The predicted octanol–water partition coefficient (Wildman–Crippen LogP) is 4.19. The van der Waals surface area contributed by atoms with Crippen LogP contribution in [0.2, 0.25) is 0 Å². The zero-order valence-corrected chi connectivity index (χ0v) is 16.1. The van der Waals surface area contributed by atoms with Gasteiger partial charge in [0.1, 0.15) is 0 Å². The van der Waals surface area contributed by atoms with E-state index >= 15 is 0 Å². The molecule has 5 heteroatoms. The monoisotopic (exact) mass is 380 g/mol. The lowest BCUT2D eigenvalue weighted by Gasteiger charge is -2.08. The second-order valence-corrected chi connectivity index (χ2v) is 7.13. The first kappa shape index (κ1) is 17.4. The van der Waals surface area contributed by atoms with Crippen molar-refractivity contribution in [3.05, 3.63) is 95.2 Å². The molecule has 0 bridgehead atoms. The van der Waals surface area contributed by atoms with Crippen LogP contribution in [-0.2, 0) is 20.0 Å². The van der Waals surface area contributed by atoms with Crippen molar-refractivity contribution in [1.29, 1.82) is 0 Å². The molecule has 0 atom stereocenters. The fourth-order valence-electron chi connectivity index (χ4n) is 3.92. The Labute approximate surface area is 167 Å². The summed E-state index contributed by atoms with van der Waals surface area (Å²) in [7, 11) is 1.94. The van der Waals surface area contributed by atoms with E-state index in [-0.39, 0.29) is 5.56 Å². The van der Waals surface area contributed by atoms with Gasteiger partial charge in [-0.05, 0) is 41.5 Å². The second kappa shape index (κ2) is 7.02. The Kier molecular flexibility index (Phi) is 4.21. The van der Waals surface area contributed by atoms with E-state index < -0.39 is 0 Å². The van der Waals surface area contributed by atoms with Gasteiger partial charge < -0.3 is 0 Å². The number of nitrogens with zero attached hydrogens (tertiary/aromatic N) is 4. The van der Waals surface area contributed by atoms with Gasteiger partial charge in [0.05, 0.1) is 16.4 Å². The molecule has 0 aliphatic rings. The number of aromatic nitrogens is 4. The molecule has 0 aliphatic carbocycles. The van der Waals surface area contributed by atoms with Gasteiger partial charge in [-0.3, -0.25) is 19.4 Å². The second-order valence-electron chi connectivity index (χ2n) is 7.13. The highest BCUT2D eigenvalue weighted by atomic mass is 16.1. The maximum atomic E-state index is 13.3. The molecule has 5 aromatic rings. The molecule has 0 unspecified atom stereocenters. The van der Waals surface area contributed by atoms with Crippen molar-refractivity contribution in [2.24, 2.45) is 7.05 Å². The van der Waals surface area contributed by atoms with Gasteiger partial charge in [0.2, 0.25) is 0 Å². The highest BCUT2D eigenvalue weighted by Gasteiger charge is 2.15. The molecule has 29 heavy (non-hydrogen) atoms. The van der Waals surface area contributed by atoms with E-state index in [9.17, 15) is 4.79 Å². The fraction of sp³-hybridized carbons (Fsp3) is 0.125. The first-order valence-corrected chi connectivity index (χ1v) is 9.66. The van der Waals surface area contributed by atoms with Crippen LogP contribution in [0.15, 0.2) is 83.9 Å². The Morgan fingerprint density at radius 2 is 1.72 bits per heavy atom. The average molecular weight is 380 g/mol. The van der Waals surface area contributed by atoms with Gasteiger partial charge >= 0.3 is 0 Å². The lowest BCUT2D eigenvalue weighted by atomic mass is 10.0. The molecule has 5 rings (SSSR count). The lowest BCUT2D eigenvalue weighted by molar-refractivity contribution is 0.505. The van der Waals surface area contributed by atoms with Crippen LogP contribution >= 0.6 is 0 Å². The van der Waals surface area contributed by atoms with Crippen LogP contribution in [0, 0.1) is 0 Å². The first-order chi connectivity index (χ1) is 14.2. The molecular formula is C24H20N4O. The Bertz CT molecular complexity index is 1380. The Morgan fingerprint density at radius 3 is 2.59 bits per heavy atom. The van der Waals surface area contributed by atoms with Crippen molar-refractivity contribution < 1.29 is 0 Å². The maximum absolute atomic E-state index is 13.3. The van der Waals surface area contributed by atoms with Crippen molar-refractivity contribution >= 4 is 21.8 Å². The molecule has 0 saturated heterocycles. The summed E-state index contributed by atoms with van der Waals surface area (Å²) >= 11 is 0. The van der Waals surface area contributed by atoms with E-state index in [1.54, 1.807) is 17.1 Å². The highest BCUT2D eigenvalue weighted by Crippen LogP contribution is 2.26. The molecule has 0 saturated carbocycles. The molecule has 0 N–H and O–H groups in total. The summed E-state index contributed by atoms with van der Waals surface area (Å²) in [4.78, 5) is 22.1. The molecule has 0 amide bonds. The highest BCUT2D eigenvalue weighted by molar-refractivity contribution is 5.94. The fourth-order valence-corrected chi connectivity index (χ4v) is 3.92. The topological polar surface area (TPSA) is 52.7 Å². The van der Waals surface area contributed by atoms with Crippen LogP contribution < -0.4 is 5.56 Å². The summed E-state index contributed by atoms with van der Waals surface area (Å²) in [5.74, 6) is 0. The summed E-state index contributed by atoms with van der Waals surface area (Å²) in [6.07, 6.45) is 4.20. The average Bonchev–Trinajstić information content (AvgIpc) is 3.02. The van der Waals surface area contributed by atoms with Crippen LogP contribution in [0.5, 0.6) is 0 Å². The third-order valence-corrected chi connectivity index (χ3v) is 5.43. The largest absolute Gasteiger partial charge is 0.285 e. The Hall–Kier alpha value is -3.73. The number of hydrogen-bond donors (Lipinski definition) is 0. The van der Waals surface area contributed by atoms with Crippen LogP contribution in [0.1, 0.15) is 5.69 Å². The third kappa shape index (κ3) is 3.01. The first-order valence-electron chi connectivity index (χ1n) is 9.66. The minimum absolute atomic E-state index is 0.0238. The summed E-state index contributed by atoms with van der Waals surface area (Å²) in [6.45, 7) is 0.575. The number of rotatable bonds is 4. The molecule has 5 nitrogen and oxygen atoms in total. The molecular weight excluding hydrogens is 360 g/mol. The number of fused-ring (bicyclic) bond motifs is 2. The van der Waals surface area contributed by atoms with Crippen LogP contribution in [0.25, 0.3) is 32.9 Å². The van der Waals surface area contributed by atoms with Gasteiger partial charge in [0.15, 0.2) is 0 Å². The van der Waals surface area contributed by atoms with Crippen molar-refractivity contribution in [2.45, 2.75) is 13.0 Å². The number of aryl methyl sites for hydroxylation is 2. The van der Waals surface area contributed by atoms with Crippen molar-refractivity contribution in [2.75, 3.05) is 0 Å². The van der Waals surface area contributed by atoms with E-state index in [1.807, 2.05) is 66.3 Å². The molecule has 2 aromatic carbocycles. The van der Waals surface area contributed by atoms with Gasteiger partial charge in [-0.1, -0.05) is 36.4 Å². The normalized spacial score (nSPS) is 11.3. The summed E-state index contributed by atoms with van der Waals surface area (Å²) in [5.41, 5.74) is 4.85. The van der Waals surface area contributed by atoms with E-state index in [0.29, 0.717) is 13.0 Å². The van der Waals surface area contributed by atoms with Crippen LogP contribution in [0.4, 0.5) is 0 Å². The number of benzene rings is 2. The smallest absolute Gasteiger partial charge is 0.275 e. The van der Waals surface area contributed by atoms with E-state index in [1.165, 1.54) is 0 Å². The number of para-hydroxylation sites is 1. The van der Waals surface area contributed by atoms with Crippen LogP contribution in [-0.4, -0.2) is 19.3 Å². The molecule has 0 spiro atoms. The van der Waals surface area contributed by atoms with Gasteiger partial charge in [-0.15, -0.1) is 0 Å². The third-order valence-electron chi connectivity index (χ3n) is 5.43. The van der Waals surface area contributed by atoms with Gasteiger partial charge in [-0.2, -0.15) is 0 Å². The van der Waals surface area contributed by atoms with Gasteiger partial charge in [0.25, 0.3) is 5.56 Å². The van der Waals surface area contributed by atoms with Crippen molar-refractivity contribution in [3.63, 3.8) is 0 Å². The van der Waals surface area contributed by atoms with Gasteiger partial charge in [0, 0.05) is 43.5 Å². The number of hydrogen-bond acceptors (Lipinski definition) is 3. The quantitative estimate of drug-likeness (QED) is 0.470. The Morgan fingerprint density at radius 1 is 0.897 bits per heavy atom. The van der Waals surface area contributed by atoms with Crippen LogP contribution in [0.3, 0.4) is 0 Å². The molecule has 3 heterocycles. The molecule has 0 radical (unpaired) electrons. The molecule has 142 valence electrons.